The summed E-state index contributed by atoms with van der Waals surface area (Å²) < 4.78 is 37.8. The van der Waals surface area contributed by atoms with Gasteiger partial charge in [0.25, 0.3) is 10.0 Å². The Labute approximate surface area is 127 Å². The predicted molar refractivity (Wildman–Crippen MR) is 78.0 cm³/mol. The van der Waals surface area contributed by atoms with E-state index in [0.717, 1.165) is 5.56 Å². The third-order valence-corrected chi connectivity index (χ3v) is 5.17. The second-order valence-electron chi connectivity index (χ2n) is 4.39. The molecule has 0 bridgehead atoms. The van der Waals surface area contributed by atoms with Crippen LogP contribution >= 0.6 is 11.8 Å². The maximum atomic E-state index is 12.8. The van der Waals surface area contributed by atoms with Crippen LogP contribution in [-0.2, 0) is 16.4 Å². The molecule has 0 radical (unpaired) electrons. The van der Waals surface area contributed by atoms with Crippen molar-refractivity contribution in [2.75, 3.05) is 6.54 Å². The van der Waals surface area contributed by atoms with E-state index in [1.807, 2.05) is 0 Å². The van der Waals surface area contributed by atoms with Gasteiger partial charge in [-0.1, -0.05) is 12.1 Å². The zero-order chi connectivity index (χ0) is 15.5. The van der Waals surface area contributed by atoms with Gasteiger partial charge in [0.2, 0.25) is 0 Å². The molecule has 7 heteroatoms. The van der Waals surface area contributed by atoms with Crippen molar-refractivity contribution in [3.63, 3.8) is 0 Å². The molecule has 0 saturated carbocycles. The van der Waals surface area contributed by atoms with E-state index in [9.17, 15) is 12.8 Å². The normalized spacial score (nSPS) is 11.8. The standard InChI is InChI=1S/C14H13ClFNO3S/c15-17(10-9-11-1-3-12(16)4-2-11)21(19,20)14-7-5-13(18)6-8-14/h1-8,18H,9-10H2. The van der Waals surface area contributed by atoms with E-state index in [1.165, 1.54) is 36.4 Å². The Kier molecular flexibility index (Phi) is 4.82. The van der Waals surface area contributed by atoms with Gasteiger partial charge in [-0.2, -0.15) is 0 Å². The van der Waals surface area contributed by atoms with E-state index in [2.05, 4.69) is 0 Å². The zero-order valence-corrected chi connectivity index (χ0v) is 12.5. The van der Waals surface area contributed by atoms with Gasteiger partial charge < -0.3 is 5.11 Å². The molecule has 2 aromatic rings. The molecule has 2 aromatic carbocycles. The summed E-state index contributed by atoms with van der Waals surface area (Å²) in [6, 6.07) is 10.9. The molecule has 0 aromatic heterocycles. The second kappa shape index (κ2) is 6.43. The van der Waals surface area contributed by atoms with Crippen LogP contribution in [0.3, 0.4) is 0 Å². The molecule has 0 unspecified atom stereocenters. The summed E-state index contributed by atoms with van der Waals surface area (Å²) in [6.07, 6.45) is 0.362. The van der Waals surface area contributed by atoms with Crippen LogP contribution in [0.5, 0.6) is 5.75 Å². The Morgan fingerprint density at radius 3 is 2.19 bits per heavy atom. The van der Waals surface area contributed by atoms with E-state index in [0.29, 0.717) is 10.2 Å². The number of rotatable bonds is 5. The largest absolute Gasteiger partial charge is 0.508 e. The number of hydrogen-bond acceptors (Lipinski definition) is 3. The van der Waals surface area contributed by atoms with Gasteiger partial charge in [-0.25, -0.2) is 12.8 Å². The summed E-state index contributed by atoms with van der Waals surface area (Å²) in [5.74, 6) is -0.375. The number of sulfonamides is 1. The molecule has 0 saturated heterocycles. The molecule has 0 fully saturated rings. The summed E-state index contributed by atoms with van der Waals surface area (Å²) in [5, 5.41) is 9.16. The lowest BCUT2D eigenvalue weighted by molar-refractivity contribution is 0.474. The molecule has 1 N–H and O–H groups in total. The first-order chi connectivity index (χ1) is 9.89. The molecule has 0 heterocycles. The quantitative estimate of drug-likeness (QED) is 0.858. The predicted octanol–water partition coefficient (Wildman–Crippen LogP) is 2.92. The molecule has 2 rings (SSSR count). The number of hydrogen-bond donors (Lipinski definition) is 1. The average molecular weight is 330 g/mol. The summed E-state index contributed by atoms with van der Waals surface area (Å²) in [7, 11) is -3.82. The lowest BCUT2D eigenvalue weighted by atomic mass is 10.1. The van der Waals surface area contributed by atoms with E-state index < -0.39 is 10.0 Å². The van der Waals surface area contributed by atoms with Crippen LogP contribution < -0.4 is 0 Å². The highest BCUT2D eigenvalue weighted by molar-refractivity contribution is 7.90. The number of benzene rings is 2. The van der Waals surface area contributed by atoms with Gasteiger partial charge >= 0.3 is 0 Å². The Morgan fingerprint density at radius 2 is 1.62 bits per heavy atom. The highest BCUT2D eigenvalue weighted by Gasteiger charge is 2.22. The van der Waals surface area contributed by atoms with Gasteiger partial charge in [0.15, 0.2) is 0 Å². The maximum Gasteiger partial charge on any atom is 0.256 e. The van der Waals surface area contributed by atoms with Crippen molar-refractivity contribution in [3.8, 4) is 5.75 Å². The van der Waals surface area contributed by atoms with Crippen molar-refractivity contribution >= 4 is 21.8 Å². The van der Waals surface area contributed by atoms with Crippen LogP contribution in [0.15, 0.2) is 53.4 Å². The molecule has 0 aliphatic heterocycles. The second-order valence-corrected chi connectivity index (χ2v) is 6.86. The average Bonchev–Trinajstić information content (AvgIpc) is 2.46. The van der Waals surface area contributed by atoms with E-state index >= 15 is 0 Å². The van der Waals surface area contributed by atoms with Gasteiger partial charge in [-0.05, 0) is 60.2 Å². The fourth-order valence-electron chi connectivity index (χ4n) is 1.72. The van der Waals surface area contributed by atoms with Crippen molar-refractivity contribution in [1.82, 2.24) is 3.82 Å². The lowest BCUT2D eigenvalue weighted by Gasteiger charge is -2.14. The fraction of sp³-hybridized carbons (Fsp3) is 0.143. The van der Waals surface area contributed by atoms with Crippen LogP contribution in [0.1, 0.15) is 5.56 Å². The van der Waals surface area contributed by atoms with Gasteiger partial charge in [0, 0.05) is 6.54 Å². The minimum atomic E-state index is -3.82. The number of halogens is 2. The van der Waals surface area contributed by atoms with Crippen LogP contribution in [0.2, 0.25) is 0 Å². The van der Waals surface area contributed by atoms with E-state index in [4.69, 9.17) is 16.9 Å². The molecule has 0 aliphatic rings. The topological polar surface area (TPSA) is 57.6 Å². The monoisotopic (exact) mass is 329 g/mol. The number of aromatic hydroxyl groups is 1. The summed E-state index contributed by atoms with van der Waals surface area (Å²) in [4.78, 5) is -0.00518. The first-order valence-electron chi connectivity index (χ1n) is 6.11. The van der Waals surface area contributed by atoms with Crippen LogP contribution in [-0.4, -0.2) is 23.9 Å². The molecule has 0 atom stereocenters. The molecule has 0 spiro atoms. The molecular formula is C14H13ClFNO3S. The molecule has 0 aliphatic carbocycles. The zero-order valence-electron chi connectivity index (χ0n) is 10.9. The maximum absolute atomic E-state index is 12.8. The summed E-state index contributed by atoms with van der Waals surface area (Å²) >= 11 is 5.84. The number of phenolic OH excluding ortho intramolecular Hbond substituents is 1. The van der Waals surface area contributed by atoms with E-state index in [1.54, 1.807) is 12.1 Å². The van der Waals surface area contributed by atoms with Crippen LogP contribution in [0.25, 0.3) is 0 Å². The summed E-state index contributed by atoms with van der Waals surface area (Å²) in [5.41, 5.74) is 0.781. The van der Waals surface area contributed by atoms with Gasteiger partial charge in [-0.3, -0.25) is 0 Å². The van der Waals surface area contributed by atoms with Crippen molar-refractivity contribution in [2.24, 2.45) is 0 Å². The minimum absolute atomic E-state index is 0.00518. The Morgan fingerprint density at radius 1 is 1.05 bits per heavy atom. The SMILES string of the molecule is O=S(=O)(c1ccc(O)cc1)N(Cl)CCc1ccc(F)cc1. The van der Waals surface area contributed by atoms with Crippen molar-refractivity contribution in [2.45, 2.75) is 11.3 Å². The molecule has 0 amide bonds. The van der Waals surface area contributed by atoms with Crippen molar-refractivity contribution in [1.29, 1.82) is 0 Å². The highest BCUT2D eigenvalue weighted by atomic mass is 35.5. The smallest absolute Gasteiger partial charge is 0.256 e. The van der Waals surface area contributed by atoms with E-state index in [-0.39, 0.29) is 23.0 Å². The van der Waals surface area contributed by atoms with Crippen LogP contribution in [0, 0.1) is 5.82 Å². The third-order valence-electron chi connectivity index (χ3n) is 2.88. The minimum Gasteiger partial charge on any atom is -0.508 e. The van der Waals surface area contributed by atoms with Crippen LogP contribution in [0.4, 0.5) is 4.39 Å². The Hall–Kier alpha value is -1.63. The van der Waals surface area contributed by atoms with Gasteiger partial charge in [0.05, 0.1) is 4.90 Å². The van der Waals surface area contributed by atoms with Crippen molar-refractivity contribution < 1.29 is 17.9 Å². The Balaban J connectivity index is 2.06. The fourth-order valence-corrected chi connectivity index (χ4v) is 3.08. The first-order valence-corrected chi connectivity index (χ1v) is 7.89. The van der Waals surface area contributed by atoms with Gasteiger partial charge in [-0.15, -0.1) is 3.82 Å². The molecule has 4 nitrogen and oxygen atoms in total. The third kappa shape index (κ3) is 3.93. The molecular weight excluding hydrogens is 317 g/mol. The first kappa shape index (κ1) is 15.8. The molecule has 21 heavy (non-hydrogen) atoms. The molecule has 112 valence electrons. The van der Waals surface area contributed by atoms with Crippen molar-refractivity contribution in [3.05, 3.63) is 59.9 Å². The number of nitrogens with zero attached hydrogens (tertiary/aromatic N) is 1. The van der Waals surface area contributed by atoms with Gasteiger partial charge in [0.1, 0.15) is 11.6 Å². The lowest BCUT2D eigenvalue weighted by Crippen LogP contribution is -2.24. The summed E-state index contributed by atoms with van der Waals surface area (Å²) in [6.45, 7) is 0.0520. The highest BCUT2D eigenvalue weighted by Crippen LogP contribution is 2.20. The Bertz CT molecular complexity index is 702. The number of phenols is 1.